The Hall–Kier alpha value is -3.45. The maximum atomic E-state index is 13.2. The first-order chi connectivity index (χ1) is 16.4. The molecule has 0 aliphatic carbocycles. The molecular formula is C26H24ClFN2O4. The minimum atomic E-state index is -0.999. The number of likely N-dealkylation sites (tertiary alicyclic amines) is 1. The van der Waals surface area contributed by atoms with E-state index in [1.54, 1.807) is 36.2 Å². The van der Waals surface area contributed by atoms with E-state index in [-0.39, 0.29) is 25.7 Å². The van der Waals surface area contributed by atoms with Crippen molar-refractivity contribution in [1.29, 1.82) is 0 Å². The Bertz CT molecular complexity index is 1150. The SMILES string of the molecule is CCOC(=O)C1(COc2ccc(-c3ccc(Cl)cc3)nc2)CCN(C(=O)c2ccc(F)cc2)C1. The maximum absolute atomic E-state index is 13.2. The average Bonchev–Trinajstić information content (AvgIpc) is 3.30. The Labute approximate surface area is 202 Å². The average molecular weight is 483 g/mol. The molecule has 8 heteroatoms. The van der Waals surface area contributed by atoms with Gasteiger partial charge in [0.05, 0.1) is 18.5 Å². The van der Waals surface area contributed by atoms with Crippen molar-refractivity contribution in [2.75, 3.05) is 26.3 Å². The van der Waals surface area contributed by atoms with Crippen LogP contribution < -0.4 is 4.74 Å². The fraction of sp³-hybridized carbons (Fsp3) is 0.269. The lowest BCUT2D eigenvalue weighted by Crippen LogP contribution is -2.42. The van der Waals surface area contributed by atoms with Crippen LogP contribution in [0.3, 0.4) is 0 Å². The van der Waals surface area contributed by atoms with Crippen LogP contribution in [0.5, 0.6) is 5.75 Å². The molecule has 34 heavy (non-hydrogen) atoms. The van der Waals surface area contributed by atoms with E-state index >= 15 is 0 Å². The molecular weight excluding hydrogens is 459 g/mol. The molecule has 1 fully saturated rings. The number of pyridine rings is 1. The van der Waals surface area contributed by atoms with Gasteiger partial charge in [0.15, 0.2) is 0 Å². The third kappa shape index (κ3) is 5.20. The van der Waals surface area contributed by atoms with Crippen molar-refractivity contribution in [1.82, 2.24) is 9.88 Å². The van der Waals surface area contributed by atoms with Crippen LogP contribution in [0.4, 0.5) is 4.39 Å². The highest BCUT2D eigenvalue weighted by Crippen LogP contribution is 2.34. The molecule has 176 valence electrons. The third-order valence-corrected chi connectivity index (χ3v) is 6.08. The monoisotopic (exact) mass is 482 g/mol. The molecule has 3 aromatic rings. The summed E-state index contributed by atoms with van der Waals surface area (Å²) in [5.74, 6) is -0.581. The van der Waals surface area contributed by atoms with Gasteiger partial charge in [-0.25, -0.2) is 4.39 Å². The molecule has 1 amide bonds. The highest BCUT2D eigenvalue weighted by molar-refractivity contribution is 6.30. The Morgan fingerprint density at radius 3 is 2.47 bits per heavy atom. The number of carbonyl (C=O) groups is 2. The summed E-state index contributed by atoms with van der Waals surface area (Å²) in [5, 5.41) is 0.650. The molecule has 1 atom stereocenters. The summed E-state index contributed by atoms with van der Waals surface area (Å²) in [7, 11) is 0. The predicted octanol–water partition coefficient (Wildman–Crippen LogP) is 5.02. The third-order valence-electron chi connectivity index (χ3n) is 5.83. The van der Waals surface area contributed by atoms with E-state index < -0.39 is 17.2 Å². The second kappa shape index (κ2) is 10.2. The van der Waals surface area contributed by atoms with Crippen molar-refractivity contribution >= 4 is 23.5 Å². The summed E-state index contributed by atoms with van der Waals surface area (Å²) >= 11 is 5.94. The number of nitrogens with zero attached hydrogens (tertiary/aromatic N) is 2. The first kappa shape index (κ1) is 23.7. The first-order valence-electron chi connectivity index (χ1n) is 11.0. The van der Waals surface area contributed by atoms with E-state index in [1.807, 2.05) is 18.2 Å². The molecule has 6 nitrogen and oxygen atoms in total. The van der Waals surface area contributed by atoms with E-state index in [0.29, 0.717) is 29.3 Å². The molecule has 2 aromatic carbocycles. The summed E-state index contributed by atoms with van der Waals surface area (Å²) in [4.78, 5) is 31.8. The van der Waals surface area contributed by atoms with Crippen molar-refractivity contribution in [2.45, 2.75) is 13.3 Å². The molecule has 1 saturated heterocycles. The Kier molecular flexibility index (Phi) is 7.12. The molecule has 1 unspecified atom stereocenters. The lowest BCUT2D eigenvalue weighted by Gasteiger charge is -2.27. The quantitative estimate of drug-likeness (QED) is 0.442. The summed E-state index contributed by atoms with van der Waals surface area (Å²) in [6.45, 7) is 2.53. The van der Waals surface area contributed by atoms with Crippen LogP contribution >= 0.6 is 11.6 Å². The number of hydrogen-bond acceptors (Lipinski definition) is 5. The van der Waals surface area contributed by atoms with Gasteiger partial charge in [0, 0.05) is 29.2 Å². The van der Waals surface area contributed by atoms with Gasteiger partial charge in [0.2, 0.25) is 0 Å². The number of rotatable bonds is 7. The van der Waals surface area contributed by atoms with Crippen LogP contribution in [0, 0.1) is 11.2 Å². The number of ether oxygens (including phenoxy) is 2. The van der Waals surface area contributed by atoms with E-state index in [1.165, 1.54) is 24.3 Å². The molecule has 1 aromatic heterocycles. The zero-order valence-corrected chi connectivity index (χ0v) is 19.4. The maximum Gasteiger partial charge on any atom is 0.317 e. The summed E-state index contributed by atoms with van der Waals surface area (Å²) < 4.78 is 24.5. The minimum Gasteiger partial charge on any atom is -0.491 e. The molecule has 1 aliphatic heterocycles. The van der Waals surface area contributed by atoms with Crippen molar-refractivity contribution in [3.8, 4) is 17.0 Å². The lowest BCUT2D eigenvalue weighted by atomic mass is 9.88. The van der Waals surface area contributed by atoms with Crippen molar-refractivity contribution in [3.05, 3.63) is 83.3 Å². The number of halogens is 2. The number of esters is 1. The molecule has 0 radical (unpaired) electrons. The highest BCUT2D eigenvalue weighted by atomic mass is 35.5. The van der Waals surface area contributed by atoms with Crippen LogP contribution in [0.15, 0.2) is 66.9 Å². The van der Waals surface area contributed by atoms with Gasteiger partial charge in [-0.1, -0.05) is 23.7 Å². The Morgan fingerprint density at radius 2 is 1.82 bits per heavy atom. The highest BCUT2D eigenvalue weighted by Gasteiger charge is 2.48. The van der Waals surface area contributed by atoms with Crippen LogP contribution in [0.1, 0.15) is 23.7 Å². The molecule has 0 bridgehead atoms. The Balaban J connectivity index is 1.46. The predicted molar refractivity (Wildman–Crippen MR) is 126 cm³/mol. The van der Waals surface area contributed by atoms with Gasteiger partial charge in [-0.15, -0.1) is 0 Å². The number of benzene rings is 2. The molecule has 0 N–H and O–H groups in total. The lowest BCUT2D eigenvalue weighted by molar-refractivity contribution is -0.156. The Morgan fingerprint density at radius 1 is 1.09 bits per heavy atom. The number of amides is 1. The number of hydrogen-bond donors (Lipinski definition) is 0. The second-order valence-electron chi connectivity index (χ2n) is 8.16. The van der Waals surface area contributed by atoms with E-state index in [4.69, 9.17) is 21.1 Å². The van der Waals surface area contributed by atoms with Crippen molar-refractivity contribution in [2.24, 2.45) is 5.41 Å². The number of carbonyl (C=O) groups excluding carboxylic acids is 2. The molecule has 0 saturated carbocycles. The first-order valence-corrected chi connectivity index (χ1v) is 11.3. The van der Waals surface area contributed by atoms with Gasteiger partial charge in [-0.2, -0.15) is 0 Å². The summed E-state index contributed by atoms with van der Waals surface area (Å²) in [6.07, 6.45) is 1.99. The van der Waals surface area contributed by atoms with Crippen molar-refractivity contribution < 1.29 is 23.5 Å². The van der Waals surface area contributed by atoms with Crippen LogP contribution in [-0.4, -0.2) is 48.1 Å². The van der Waals surface area contributed by atoms with Gasteiger partial charge in [0.1, 0.15) is 23.6 Å². The summed E-state index contributed by atoms with van der Waals surface area (Å²) in [5.41, 5.74) is 1.05. The van der Waals surface area contributed by atoms with E-state index in [0.717, 1.165) is 11.3 Å². The molecule has 0 spiro atoms. The standard InChI is InChI=1S/C26H24ClFN2O4/c1-2-33-25(32)26(13-14-30(16-26)24(31)19-5-9-21(28)10-6-19)17-34-22-11-12-23(29-15-22)18-3-7-20(27)8-4-18/h3-12,15H,2,13-14,16-17H2,1H3. The molecule has 1 aliphatic rings. The largest absolute Gasteiger partial charge is 0.491 e. The van der Waals surface area contributed by atoms with E-state index in [9.17, 15) is 14.0 Å². The number of aromatic nitrogens is 1. The van der Waals surface area contributed by atoms with Gasteiger partial charge in [-0.05, 0) is 61.9 Å². The minimum absolute atomic E-state index is 0.0427. The van der Waals surface area contributed by atoms with Crippen LogP contribution in [0.2, 0.25) is 5.02 Å². The molecule has 2 heterocycles. The smallest absolute Gasteiger partial charge is 0.317 e. The topological polar surface area (TPSA) is 68.7 Å². The van der Waals surface area contributed by atoms with Crippen molar-refractivity contribution in [3.63, 3.8) is 0 Å². The normalized spacial score (nSPS) is 17.4. The fourth-order valence-corrected chi connectivity index (χ4v) is 4.05. The van der Waals surface area contributed by atoms with Gasteiger partial charge < -0.3 is 14.4 Å². The van der Waals surface area contributed by atoms with Gasteiger partial charge >= 0.3 is 5.97 Å². The zero-order chi connectivity index (χ0) is 24.1. The van der Waals surface area contributed by atoms with Gasteiger partial charge in [-0.3, -0.25) is 14.6 Å². The fourth-order valence-electron chi connectivity index (χ4n) is 3.93. The second-order valence-corrected chi connectivity index (χ2v) is 8.60. The summed E-state index contributed by atoms with van der Waals surface area (Å²) in [6, 6.07) is 16.3. The van der Waals surface area contributed by atoms with Crippen LogP contribution in [-0.2, 0) is 9.53 Å². The zero-order valence-electron chi connectivity index (χ0n) is 18.7. The molecule has 4 rings (SSSR count). The van der Waals surface area contributed by atoms with E-state index in [2.05, 4.69) is 4.98 Å². The van der Waals surface area contributed by atoms with Crippen LogP contribution in [0.25, 0.3) is 11.3 Å². The van der Waals surface area contributed by atoms with Gasteiger partial charge in [0.25, 0.3) is 5.91 Å².